The second-order valence-corrected chi connectivity index (χ2v) is 6.13. The molecule has 1 aromatic carbocycles. The Kier molecular flexibility index (Phi) is 5.90. The topological polar surface area (TPSA) is 61.4 Å². The lowest BCUT2D eigenvalue weighted by molar-refractivity contribution is -0.136. The monoisotopic (exact) mass is 371 g/mol. The van der Waals surface area contributed by atoms with Gasteiger partial charge in [0.05, 0.1) is 5.69 Å². The molecule has 120 valence electrons. The highest BCUT2D eigenvalue weighted by Crippen LogP contribution is 2.19. The molecule has 1 aliphatic rings. The van der Waals surface area contributed by atoms with Gasteiger partial charge in [-0.05, 0) is 44.1 Å². The zero-order valence-electron chi connectivity index (χ0n) is 12.4. The average molecular weight is 372 g/mol. The number of nitrogens with zero attached hydrogens (tertiary/aromatic N) is 1. The van der Waals surface area contributed by atoms with Crippen LogP contribution >= 0.6 is 15.9 Å². The van der Waals surface area contributed by atoms with Gasteiger partial charge in [0.15, 0.2) is 0 Å². The molecule has 1 atom stereocenters. The number of benzene rings is 1. The Labute approximate surface area is 137 Å². The molecule has 1 saturated heterocycles. The van der Waals surface area contributed by atoms with Crippen molar-refractivity contribution in [3.63, 3.8) is 0 Å². The van der Waals surface area contributed by atoms with E-state index in [1.54, 1.807) is 6.07 Å². The third-order valence-corrected chi connectivity index (χ3v) is 4.28. The minimum Gasteiger partial charge on any atom is -0.346 e. The van der Waals surface area contributed by atoms with Crippen LogP contribution in [0.1, 0.15) is 19.8 Å². The van der Waals surface area contributed by atoms with Crippen LogP contribution in [-0.4, -0.2) is 42.4 Å². The van der Waals surface area contributed by atoms with E-state index in [9.17, 15) is 14.0 Å². The van der Waals surface area contributed by atoms with Gasteiger partial charge in [-0.2, -0.15) is 0 Å². The lowest BCUT2D eigenvalue weighted by atomic mass is 10.2. The van der Waals surface area contributed by atoms with E-state index in [-0.39, 0.29) is 11.7 Å². The predicted molar refractivity (Wildman–Crippen MR) is 86.0 cm³/mol. The van der Waals surface area contributed by atoms with E-state index in [1.165, 1.54) is 12.1 Å². The molecule has 22 heavy (non-hydrogen) atoms. The molecule has 0 saturated carbocycles. The Morgan fingerprint density at radius 3 is 2.86 bits per heavy atom. The van der Waals surface area contributed by atoms with Crippen LogP contribution in [0.15, 0.2) is 22.7 Å². The zero-order valence-corrected chi connectivity index (χ0v) is 14.0. The number of carbonyl (C=O) groups excluding carboxylic acids is 2. The predicted octanol–water partition coefficient (Wildman–Crippen LogP) is 2.13. The largest absolute Gasteiger partial charge is 0.346 e. The number of likely N-dealkylation sites (tertiary alicyclic amines) is 1. The first kappa shape index (κ1) is 16.9. The smallest absolute Gasteiger partial charge is 0.313 e. The molecular weight excluding hydrogens is 353 g/mol. The van der Waals surface area contributed by atoms with Gasteiger partial charge in [-0.15, -0.1) is 0 Å². The van der Waals surface area contributed by atoms with Gasteiger partial charge in [-0.3, -0.25) is 14.5 Å². The summed E-state index contributed by atoms with van der Waals surface area (Å²) in [6.07, 6.45) is 2.11. The van der Waals surface area contributed by atoms with E-state index in [1.807, 2.05) is 0 Å². The van der Waals surface area contributed by atoms with Gasteiger partial charge in [0, 0.05) is 17.1 Å². The van der Waals surface area contributed by atoms with Crippen LogP contribution in [0.2, 0.25) is 0 Å². The summed E-state index contributed by atoms with van der Waals surface area (Å²) in [7, 11) is 0. The normalized spacial score (nSPS) is 18.2. The van der Waals surface area contributed by atoms with Gasteiger partial charge in [-0.25, -0.2) is 4.39 Å². The maximum Gasteiger partial charge on any atom is 0.313 e. The third kappa shape index (κ3) is 4.27. The third-order valence-electron chi connectivity index (χ3n) is 3.79. The van der Waals surface area contributed by atoms with Crippen molar-refractivity contribution in [3.8, 4) is 0 Å². The molecule has 0 unspecified atom stereocenters. The van der Waals surface area contributed by atoms with Gasteiger partial charge in [-0.1, -0.05) is 22.9 Å². The molecule has 5 nitrogen and oxygen atoms in total. The van der Waals surface area contributed by atoms with Gasteiger partial charge in [0.1, 0.15) is 5.82 Å². The van der Waals surface area contributed by atoms with Crippen molar-refractivity contribution in [2.75, 3.05) is 25.0 Å². The molecule has 2 rings (SSSR count). The molecule has 1 aliphatic heterocycles. The van der Waals surface area contributed by atoms with Crippen molar-refractivity contribution in [2.24, 2.45) is 0 Å². The number of carbonyl (C=O) groups is 2. The zero-order chi connectivity index (χ0) is 16.1. The van der Waals surface area contributed by atoms with Crippen LogP contribution in [0.5, 0.6) is 0 Å². The molecule has 0 aliphatic carbocycles. The highest BCUT2D eigenvalue weighted by molar-refractivity contribution is 9.10. The molecular formula is C15H19BrFN3O2. The lowest BCUT2D eigenvalue weighted by Crippen LogP contribution is -2.43. The van der Waals surface area contributed by atoms with Crippen LogP contribution in [0.3, 0.4) is 0 Å². The molecule has 0 aromatic heterocycles. The summed E-state index contributed by atoms with van der Waals surface area (Å²) >= 11 is 3.13. The molecule has 0 spiro atoms. The fraction of sp³-hybridized carbons (Fsp3) is 0.467. The number of likely N-dealkylation sites (N-methyl/N-ethyl adjacent to an activating group) is 1. The van der Waals surface area contributed by atoms with Crippen molar-refractivity contribution in [1.82, 2.24) is 10.2 Å². The van der Waals surface area contributed by atoms with Gasteiger partial charge in [0.2, 0.25) is 0 Å². The summed E-state index contributed by atoms with van der Waals surface area (Å²) in [5.41, 5.74) is -0.0144. The Balaban J connectivity index is 1.85. The molecule has 2 amide bonds. The van der Waals surface area contributed by atoms with E-state index in [0.717, 1.165) is 25.9 Å². The maximum absolute atomic E-state index is 13.6. The van der Waals surface area contributed by atoms with Crippen LogP contribution in [0.4, 0.5) is 10.1 Å². The quantitative estimate of drug-likeness (QED) is 0.797. The fourth-order valence-electron chi connectivity index (χ4n) is 2.60. The number of nitrogens with one attached hydrogen (secondary N) is 2. The van der Waals surface area contributed by atoms with E-state index in [2.05, 4.69) is 38.4 Å². The van der Waals surface area contributed by atoms with Gasteiger partial charge in [0.25, 0.3) is 0 Å². The van der Waals surface area contributed by atoms with Crippen molar-refractivity contribution >= 4 is 33.4 Å². The first-order chi connectivity index (χ1) is 10.5. The summed E-state index contributed by atoms with van der Waals surface area (Å²) in [5, 5.41) is 4.89. The van der Waals surface area contributed by atoms with E-state index >= 15 is 0 Å². The van der Waals surface area contributed by atoms with Crippen LogP contribution in [0.25, 0.3) is 0 Å². The number of anilines is 1. The second kappa shape index (κ2) is 7.69. The lowest BCUT2D eigenvalue weighted by Gasteiger charge is -2.22. The number of hydrogen-bond acceptors (Lipinski definition) is 3. The summed E-state index contributed by atoms with van der Waals surface area (Å²) in [6.45, 7) is 4.45. The number of hydrogen-bond donors (Lipinski definition) is 2. The average Bonchev–Trinajstić information content (AvgIpc) is 2.95. The second-order valence-electron chi connectivity index (χ2n) is 5.21. The summed E-state index contributed by atoms with van der Waals surface area (Å²) in [6, 6.07) is 4.49. The minimum absolute atomic E-state index is 0.0144. The molecule has 1 aromatic rings. The fourth-order valence-corrected chi connectivity index (χ4v) is 2.94. The number of amides is 2. The van der Waals surface area contributed by atoms with Crippen LogP contribution < -0.4 is 10.6 Å². The Morgan fingerprint density at radius 1 is 1.41 bits per heavy atom. The SMILES string of the molecule is CCN1CCC[C@@H]1CNC(=O)C(=O)Nc1ccc(Br)cc1F. The number of rotatable bonds is 4. The molecule has 7 heteroatoms. The van der Waals surface area contributed by atoms with E-state index in [4.69, 9.17) is 0 Å². The Bertz CT molecular complexity index is 568. The molecule has 1 fully saturated rings. The van der Waals surface area contributed by atoms with Crippen molar-refractivity contribution < 1.29 is 14.0 Å². The molecule has 0 radical (unpaired) electrons. The molecule has 1 heterocycles. The highest BCUT2D eigenvalue weighted by Gasteiger charge is 2.24. The number of halogens is 2. The van der Waals surface area contributed by atoms with Gasteiger partial charge >= 0.3 is 11.8 Å². The molecule has 0 bridgehead atoms. The maximum atomic E-state index is 13.6. The van der Waals surface area contributed by atoms with Crippen molar-refractivity contribution in [1.29, 1.82) is 0 Å². The highest BCUT2D eigenvalue weighted by atomic mass is 79.9. The summed E-state index contributed by atoms with van der Waals surface area (Å²) in [5.74, 6) is -2.20. The standard InChI is InChI=1S/C15H19BrFN3O2/c1-2-20-7-3-4-11(20)9-18-14(21)15(22)19-13-6-5-10(16)8-12(13)17/h5-6,8,11H,2-4,7,9H2,1H3,(H,18,21)(H,19,22)/t11-/m1/s1. The Hall–Kier alpha value is -1.47. The summed E-state index contributed by atoms with van der Waals surface area (Å²) < 4.78 is 14.2. The van der Waals surface area contributed by atoms with Crippen molar-refractivity contribution in [2.45, 2.75) is 25.8 Å². The van der Waals surface area contributed by atoms with Crippen LogP contribution in [-0.2, 0) is 9.59 Å². The van der Waals surface area contributed by atoms with Crippen molar-refractivity contribution in [3.05, 3.63) is 28.5 Å². The molecule has 2 N–H and O–H groups in total. The first-order valence-corrected chi connectivity index (χ1v) is 8.09. The summed E-state index contributed by atoms with van der Waals surface area (Å²) in [4.78, 5) is 25.9. The van der Waals surface area contributed by atoms with E-state index < -0.39 is 17.6 Å². The minimum atomic E-state index is -0.859. The van der Waals surface area contributed by atoms with E-state index in [0.29, 0.717) is 11.0 Å². The first-order valence-electron chi connectivity index (χ1n) is 7.29. The van der Waals surface area contributed by atoms with Gasteiger partial charge < -0.3 is 10.6 Å². The van der Waals surface area contributed by atoms with Crippen LogP contribution in [0, 0.1) is 5.82 Å². The Morgan fingerprint density at radius 2 is 2.18 bits per heavy atom.